The van der Waals surface area contributed by atoms with E-state index in [9.17, 15) is 4.79 Å². The summed E-state index contributed by atoms with van der Waals surface area (Å²) >= 11 is 6.27. The number of rotatable bonds is 9. The molecule has 2 aromatic carbocycles. The number of amides is 1. The summed E-state index contributed by atoms with van der Waals surface area (Å²) in [5.74, 6) is 0.788. The highest BCUT2D eigenvalue weighted by Gasteiger charge is 2.25. The molecule has 0 unspecified atom stereocenters. The summed E-state index contributed by atoms with van der Waals surface area (Å²) in [4.78, 5) is 15.0. The van der Waals surface area contributed by atoms with E-state index in [0.717, 1.165) is 55.5 Å². The van der Waals surface area contributed by atoms with Crippen LogP contribution in [-0.4, -0.2) is 51.5 Å². The van der Waals surface area contributed by atoms with E-state index < -0.39 is 0 Å². The van der Waals surface area contributed by atoms with Gasteiger partial charge in [0.05, 0.1) is 12.8 Å². The van der Waals surface area contributed by atoms with Gasteiger partial charge in [-0.25, -0.2) is 5.43 Å². The van der Waals surface area contributed by atoms with Gasteiger partial charge in [-0.2, -0.15) is 5.10 Å². The first kappa shape index (κ1) is 22.3. The Morgan fingerprint density at radius 3 is 2.50 bits per heavy atom. The first-order valence-electron chi connectivity index (χ1n) is 10.6. The van der Waals surface area contributed by atoms with Gasteiger partial charge in [0.2, 0.25) is 0 Å². The second-order valence-corrected chi connectivity index (χ2v) is 8.06. The number of benzene rings is 2. The van der Waals surface area contributed by atoms with E-state index in [1.165, 1.54) is 15.4 Å². The minimum Gasteiger partial charge on any atom is -0.494 e. The van der Waals surface area contributed by atoms with Gasteiger partial charge in [-0.05, 0) is 42.3 Å². The van der Waals surface area contributed by atoms with Gasteiger partial charge in [-0.3, -0.25) is 4.79 Å². The smallest absolute Gasteiger partial charge is 0.295 e. The number of ether oxygens (including phenoxy) is 1. The summed E-state index contributed by atoms with van der Waals surface area (Å²) in [5, 5.41) is 4.91. The van der Waals surface area contributed by atoms with Crippen molar-refractivity contribution in [3.8, 4) is 5.75 Å². The van der Waals surface area contributed by atoms with Crippen LogP contribution in [0.5, 0.6) is 5.75 Å². The van der Waals surface area contributed by atoms with Crippen molar-refractivity contribution in [3.63, 3.8) is 0 Å². The molecule has 7 heteroatoms. The molecule has 0 radical (unpaired) electrons. The van der Waals surface area contributed by atoms with Crippen LogP contribution in [-0.2, 0) is 11.3 Å². The van der Waals surface area contributed by atoms with Crippen LogP contribution >= 0.6 is 11.6 Å². The van der Waals surface area contributed by atoms with E-state index in [4.69, 9.17) is 16.3 Å². The average molecular weight is 431 g/mol. The van der Waals surface area contributed by atoms with Crippen molar-refractivity contribution in [3.05, 3.63) is 64.7 Å². The maximum absolute atomic E-state index is 12.2. The molecule has 3 N–H and O–H groups in total. The first-order valence-corrected chi connectivity index (χ1v) is 11.0. The van der Waals surface area contributed by atoms with Crippen LogP contribution < -0.4 is 20.0 Å². The highest BCUT2D eigenvalue weighted by Crippen LogP contribution is 2.13. The number of quaternary nitrogens is 2. The molecule has 3 rings (SSSR count). The number of hydrazone groups is 1. The minimum absolute atomic E-state index is 0.0568. The molecule has 160 valence electrons. The summed E-state index contributed by atoms with van der Waals surface area (Å²) in [7, 11) is 0. The number of piperazine rings is 1. The van der Waals surface area contributed by atoms with Crippen molar-refractivity contribution in [2.45, 2.75) is 19.9 Å². The molecule has 0 spiro atoms. The van der Waals surface area contributed by atoms with Crippen LogP contribution in [0, 0.1) is 0 Å². The molecule has 1 saturated heterocycles. The van der Waals surface area contributed by atoms with Crippen LogP contribution in [0.15, 0.2) is 53.6 Å². The van der Waals surface area contributed by atoms with Crippen molar-refractivity contribution in [2.24, 2.45) is 5.10 Å². The van der Waals surface area contributed by atoms with Gasteiger partial charge in [0.1, 0.15) is 38.5 Å². The van der Waals surface area contributed by atoms with E-state index >= 15 is 0 Å². The third kappa shape index (κ3) is 7.13. The van der Waals surface area contributed by atoms with Crippen molar-refractivity contribution < 1.29 is 19.3 Å². The van der Waals surface area contributed by atoms with Crippen molar-refractivity contribution in [1.29, 1.82) is 0 Å². The van der Waals surface area contributed by atoms with E-state index in [-0.39, 0.29) is 5.91 Å². The zero-order valence-corrected chi connectivity index (χ0v) is 18.3. The summed E-state index contributed by atoms with van der Waals surface area (Å²) in [6.45, 7) is 8.17. The molecule has 0 aromatic heterocycles. The van der Waals surface area contributed by atoms with E-state index in [2.05, 4.69) is 23.5 Å². The molecule has 2 aromatic rings. The molecule has 0 aliphatic carbocycles. The summed E-state index contributed by atoms with van der Waals surface area (Å²) in [6.07, 6.45) is 2.64. The first-order chi connectivity index (χ1) is 14.6. The van der Waals surface area contributed by atoms with Gasteiger partial charge >= 0.3 is 0 Å². The molecule has 1 amide bonds. The van der Waals surface area contributed by atoms with Gasteiger partial charge in [0.15, 0.2) is 6.54 Å². The standard InChI is InChI=1S/C23H29ClN4O2/c1-2-15-30-21-9-7-19(8-10-21)16-25-26-23(29)18-28-13-11-27(12-14-28)17-20-5-3-4-6-22(20)24/h3-10,16H,2,11-15,17-18H2,1H3,(H,26,29)/p+2/b25-16-. The lowest BCUT2D eigenvalue weighted by Gasteiger charge is -2.29. The molecule has 30 heavy (non-hydrogen) atoms. The Kier molecular flexibility index (Phi) is 8.68. The van der Waals surface area contributed by atoms with Crippen LogP contribution in [0.25, 0.3) is 0 Å². The van der Waals surface area contributed by atoms with Crippen molar-refractivity contribution in [2.75, 3.05) is 39.3 Å². The van der Waals surface area contributed by atoms with Gasteiger partial charge in [-0.15, -0.1) is 0 Å². The topological polar surface area (TPSA) is 59.6 Å². The van der Waals surface area contributed by atoms with Crippen LogP contribution in [0.3, 0.4) is 0 Å². The Morgan fingerprint density at radius 2 is 1.80 bits per heavy atom. The predicted octanol–water partition coefficient (Wildman–Crippen LogP) is 0.563. The minimum atomic E-state index is -0.0568. The molecule has 0 saturated carbocycles. The van der Waals surface area contributed by atoms with Crippen LogP contribution in [0.4, 0.5) is 0 Å². The van der Waals surface area contributed by atoms with E-state index in [1.807, 2.05) is 42.5 Å². The molecule has 6 nitrogen and oxygen atoms in total. The maximum atomic E-state index is 12.2. The normalized spacial score (nSPS) is 19.0. The SMILES string of the molecule is CCCOc1ccc(/C=N\NC(=O)C[NH+]2CC[NH+](Cc3ccccc3Cl)CC2)cc1. The number of nitrogens with zero attached hydrogens (tertiary/aromatic N) is 1. The van der Waals surface area contributed by atoms with Gasteiger partial charge in [-0.1, -0.05) is 36.7 Å². The zero-order valence-electron chi connectivity index (χ0n) is 17.5. The average Bonchev–Trinajstić information content (AvgIpc) is 2.76. The molecule has 1 heterocycles. The van der Waals surface area contributed by atoms with Gasteiger partial charge < -0.3 is 14.5 Å². The molecule has 0 bridgehead atoms. The number of nitrogens with one attached hydrogen (secondary N) is 3. The highest BCUT2D eigenvalue weighted by atomic mass is 35.5. The summed E-state index contributed by atoms with van der Waals surface area (Å²) < 4.78 is 5.56. The number of carbonyl (C=O) groups is 1. The number of hydrogen-bond donors (Lipinski definition) is 3. The lowest BCUT2D eigenvalue weighted by molar-refractivity contribution is -1.02. The Balaban J connectivity index is 1.36. The number of hydrogen-bond acceptors (Lipinski definition) is 3. The Bertz CT molecular complexity index is 833. The highest BCUT2D eigenvalue weighted by molar-refractivity contribution is 6.31. The molecule has 1 fully saturated rings. The third-order valence-electron chi connectivity index (χ3n) is 5.23. The third-order valence-corrected chi connectivity index (χ3v) is 5.60. The fourth-order valence-corrected chi connectivity index (χ4v) is 3.74. The molecular weight excluding hydrogens is 400 g/mol. The van der Waals surface area contributed by atoms with Crippen molar-refractivity contribution >= 4 is 23.7 Å². The molecule has 1 aliphatic rings. The van der Waals surface area contributed by atoms with Gasteiger partial charge in [0.25, 0.3) is 5.91 Å². The quantitative estimate of drug-likeness (QED) is 0.402. The van der Waals surface area contributed by atoms with Crippen LogP contribution in [0.1, 0.15) is 24.5 Å². The fourth-order valence-electron chi connectivity index (χ4n) is 3.54. The monoisotopic (exact) mass is 430 g/mol. The fraction of sp³-hybridized carbons (Fsp3) is 0.391. The van der Waals surface area contributed by atoms with Gasteiger partial charge in [0, 0.05) is 10.6 Å². The second-order valence-electron chi connectivity index (χ2n) is 7.66. The van der Waals surface area contributed by atoms with Crippen LogP contribution in [0.2, 0.25) is 5.02 Å². The number of halogens is 1. The largest absolute Gasteiger partial charge is 0.494 e. The maximum Gasteiger partial charge on any atom is 0.295 e. The van der Waals surface area contributed by atoms with E-state index in [0.29, 0.717) is 13.2 Å². The Morgan fingerprint density at radius 1 is 1.10 bits per heavy atom. The van der Waals surface area contributed by atoms with E-state index in [1.54, 1.807) is 6.21 Å². The molecule has 1 aliphatic heterocycles. The zero-order chi connectivity index (χ0) is 21.2. The number of carbonyl (C=O) groups excluding carboxylic acids is 1. The predicted molar refractivity (Wildman–Crippen MR) is 119 cm³/mol. The summed E-state index contributed by atoms with van der Waals surface area (Å²) in [5.41, 5.74) is 4.75. The Hall–Kier alpha value is -2.41. The van der Waals surface area contributed by atoms with Crippen molar-refractivity contribution in [1.82, 2.24) is 5.43 Å². The molecule has 0 atom stereocenters. The Labute approximate surface area is 183 Å². The molecular formula is C23H31ClN4O2+2. The lowest BCUT2D eigenvalue weighted by Crippen LogP contribution is -3.28. The lowest BCUT2D eigenvalue weighted by atomic mass is 10.2. The second kappa shape index (κ2) is 11.7. The summed E-state index contributed by atoms with van der Waals surface area (Å²) in [6, 6.07) is 15.7.